The van der Waals surface area contributed by atoms with Gasteiger partial charge < -0.3 is 15.2 Å². The summed E-state index contributed by atoms with van der Waals surface area (Å²) in [5, 5.41) is 21.9. The molecule has 0 spiro atoms. The third kappa shape index (κ3) is 4.17. The lowest BCUT2D eigenvalue weighted by Crippen LogP contribution is -2.34. The van der Waals surface area contributed by atoms with E-state index in [9.17, 15) is 9.90 Å². The average Bonchev–Trinajstić information content (AvgIpc) is 3.15. The number of methoxy groups -OCH3 is 1. The fourth-order valence-corrected chi connectivity index (χ4v) is 2.47. The van der Waals surface area contributed by atoms with Crippen molar-refractivity contribution < 1.29 is 14.6 Å². The summed E-state index contributed by atoms with van der Waals surface area (Å²) < 4.78 is 5.17. The molecule has 0 saturated carbocycles. The van der Waals surface area contributed by atoms with Gasteiger partial charge >= 0.3 is 6.03 Å². The van der Waals surface area contributed by atoms with Crippen LogP contribution in [0.1, 0.15) is 11.6 Å². The molecular weight excluding hydrogens is 334 g/mol. The van der Waals surface area contributed by atoms with Crippen LogP contribution in [0.25, 0.3) is 11.3 Å². The Morgan fingerprint density at radius 3 is 2.81 bits per heavy atom. The lowest BCUT2D eigenvalue weighted by Gasteiger charge is -2.17. The van der Waals surface area contributed by atoms with Crippen LogP contribution >= 0.6 is 0 Å². The van der Waals surface area contributed by atoms with E-state index in [1.165, 1.54) is 0 Å². The van der Waals surface area contributed by atoms with Crippen LogP contribution in [0.2, 0.25) is 0 Å². The molecule has 3 rings (SSSR count). The van der Waals surface area contributed by atoms with Crippen molar-refractivity contribution in [2.75, 3.05) is 19.0 Å². The Balaban J connectivity index is 1.65. The fourth-order valence-electron chi connectivity index (χ4n) is 2.47. The molecule has 1 unspecified atom stereocenters. The number of carbonyl (C=O) groups is 1. The van der Waals surface area contributed by atoms with Crippen molar-refractivity contribution in [2.24, 2.45) is 0 Å². The highest BCUT2D eigenvalue weighted by Gasteiger charge is 2.15. The number of benzene rings is 1. The normalized spacial score (nSPS) is 11.6. The third-order valence-corrected chi connectivity index (χ3v) is 3.79. The first-order valence-electron chi connectivity index (χ1n) is 7.97. The number of amides is 2. The monoisotopic (exact) mass is 353 g/mol. The third-order valence-electron chi connectivity index (χ3n) is 3.79. The van der Waals surface area contributed by atoms with Crippen LogP contribution in [0, 0.1) is 0 Å². The molecule has 3 aromatic rings. The van der Waals surface area contributed by atoms with Crippen molar-refractivity contribution in [2.45, 2.75) is 6.04 Å². The molecule has 2 amide bonds. The van der Waals surface area contributed by atoms with Crippen molar-refractivity contribution in [1.82, 2.24) is 20.5 Å². The topological polar surface area (TPSA) is 112 Å². The van der Waals surface area contributed by atoms with E-state index in [0.29, 0.717) is 11.6 Å². The largest absolute Gasteiger partial charge is 0.497 e. The summed E-state index contributed by atoms with van der Waals surface area (Å²) in [6.07, 6.45) is 3.35. The van der Waals surface area contributed by atoms with E-state index < -0.39 is 12.1 Å². The van der Waals surface area contributed by atoms with E-state index in [0.717, 1.165) is 16.8 Å². The number of aliphatic hydroxyl groups is 1. The zero-order chi connectivity index (χ0) is 18.4. The molecule has 0 radical (unpaired) electrons. The van der Waals surface area contributed by atoms with Gasteiger partial charge in [-0.2, -0.15) is 5.10 Å². The average molecular weight is 353 g/mol. The number of urea groups is 1. The Labute approximate surface area is 150 Å². The number of anilines is 1. The number of pyridine rings is 1. The van der Waals surface area contributed by atoms with Crippen molar-refractivity contribution >= 4 is 11.8 Å². The number of hydrogen-bond acceptors (Lipinski definition) is 5. The zero-order valence-corrected chi connectivity index (χ0v) is 14.1. The summed E-state index contributed by atoms with van der Waals surface area (Å²) in [6, 6.07) is 11.5. The first-order valence-corrected chi connectivity index (χ1v) is 7.97. The molecule has 0 saturated heterocycles. The second-order valence-corrected chi connectivity index (χ2v) is 5.51. The molecule has 0 aliphatic rings. The molecule has 4 N–H and O–H groups in total. The van der Waals surface area contributed by atoms with Crippen LogP contribution in [0.15, 0.2) is 54.9 Å². The number of aromatic nitrogens is 3. The predicted octanol–water partition coefficient (Wildman–Crippen LogP) is 2.34. The molecule has 134 valence electrons. The van der Waals surface area contributed by atoms with E-state index >= 15 is 0 Å². The zero-order valence-electron chi connectivity index (χ0n) is 14.1. The van der Waals surface area contributed by atoms with Gasteiger partial charge in [0, 0.05) is 24.0 Å². The van der Waals surface area contributed by atoms with Crippen molar-refractivity contribution in [1.29, 1.82) is 0 Å². The minimum atomic E-state index is -0.566. The summed E-state index contributed by atoms with van der Waals surface area (Å²) in [5.74, 6) is 1.02. The Morgan fingerprint density at radius 2 is 2.08 bits per heavy atom. The van der Waals surface area contributed by atoms with Crippen LogP contribution < -0.4 is 15.4 Å². The van der Waals surface area contributed by atoms with Gasteiger partial charge in [0.05, 0.1) is 25.5 Å². The van der Waals surface area contributed by atoms with Crippen LogP contribution in [0.4, 0.5) is 10.6 Å². The first-order chi connectivity index (χ1) is 12.7. The molecule has 8 heteroatoms. The van der Waals surface area contributed by atoms with Crippen molar-refractivity contribution in [3.8, 4) is 17.0 Å². The van der Waals surface area contributed by atoms with E-state index in [-0.39, 0.29) is 6.61 Å². The van der Waals surface area contributed by atoms with Gasteiger partial charge in [-0.3, -0.25) is 15.4 Å². The number of rotatable bonds is 6. The summed E-state index contributed by atoms with van der Waals surface area (Å²) in [6.45, 7) is -0.247. The van der Waals surface area contributed by atoms with E-state index in [4.69, 9.17) is 4.74 Å². The molecule has 1 atom stereocenters. The highest BCUT2D eigenvalue weighted by atomic mass is 16.5. The predicted molar refractivity (Wildman–Crippen MR) is 96.8 cm³/mol. The smallest absolute Gasteiger partial charge is 0.321 e. The van der Waals surface area contributed by atoms with E-state index in [1.54, 1.807) is 49.8 Å². The van der Waals surface area contributed by atoms with Gasteiger partial charge in [-0.15, -0.1) is 0 Å². The Bertz CT molecular complexity index is 866. The summed E-state index contributed by atoms with van der Waals surface area (Å²) in [7, 11) is 1.56. The number of H-pyrrole nitrogens is 1. The van der Waals surface area contributed by atoms with Gasteiger partial charge in [0.15, 0.2) is 5.82 Å². The van der Waals surface area contributed by atoms with Gasteiger partial charge in [0.1, 0.15) is 5.75 Å². The fraction of sp³-hybridized carbons (Fsp3) is 0.167. The Kier molecular flexibility index (Phi) is 5.45. The standard InChI is InChI=1S/C18H19N5O3/c1-26-14-4-2-3-13(9-14)16(11-24)20-18(25)21-17-10-15(22-23-17)12-5-7-19-8-6-12/h2-10,16,24H,11H2,1H3,(H3,20,21,22,23,25). The van der Waals surface area contributed by atoms with Gasteiger partial charge in [-0.05, 0) is 29.8 Å². The molecular formula is C18H19N5O3. The number of nitrogens with one attached hydrogen (secondary N) is 3. The van der Waals surface area contributed by atoms with Crippen LogP contribution in [-0.4, -0.2) is 40.0 Å². The number of carbonyl (C=O) groups excluding carboxylic acids is 1. The van der Waals surface area contributed by atoms with Crippen molar-refractivity contribution in [3.05, 3.63) is 60.4 Å². The minimum absolute atomic E-state index is 0.247. The highest BCUT2D eigenvalue weighted by Crippen LogP contribution is 2.20. The minimum Gasteiger partial charge on any atom is -0.497 e. The number of hydrogen-bond donors (Lipinski definition) is 4. The van der Waals surface area contributed by atoms with E-state index in [2.05, 4.69) is 25.8 Å². The molecule has 0 bridgehead atoms. The molecule has 2 heterocycles. The van der Waals surface area contributed by atoms with E-state index in [1.807, 2.05) is 12.1 Å². The highest BCUT2D eigenvalue weighted by molar-refractivity contribution is 5.89. The molecule has 8 nitrogen and oxygen atoms in total. The lowest BCUT2D eigenvalue weighted by atomic mass is 10.1. The summed E-state index contributed by atoms with van der Waals surface area (Å²) >= 11 is 0. The molecule has 26 heavy (non-hydrogen) atoms. The second-order valence-electron chi connectivity index (χ2n) is 5.51. The van der Waals surface area contributed by atoms with Crippen LogP contribution in [0.3, 0.4) is 0 Å². The van der Waals surface area contributed by atoms with Crippen LogP contribution in [-0.2, 0) is 0 Å². The van der Waals surface area contributed by atoms with Crippen molar-refractivity contribution in [3.63, 3.8) is 0 Å². The SMILES string of the molecule is COc1cccc(C(CO)NC(=O)Nc2cc(-c3ccncc3)[nH]n2)c1. The molecule has 2 aromatic heterocycles. The maximum atomic E-state index is 12.2. The maximum Gasteiger partial charge on any atom is 0.321 e. The Morgan fingerprint density at radius 1 is 1.27 bits per heavy atom. The van der Waals surface area contributed by atoms with Gasteiger partial charge in [0.25, 0.3) is 0 Å². The molecule has 0 aliphatic carbocycles. The number of nitrogens with zero attached hydrogens (tertiary/aromatic N) is 2. The van der Waals surface area contributed by atoms with Gasteiger partial charge in [-0.1, -0.05) is 12.1 Å². The Hall–Kier alpha value is -3.39. The summed E-state index contributed by atoms with van der Waals surface area (Å²) in [5.41, 5.74) is 2.40. The number of aromatic amines is 1. The molecule has 1 aromatic carbocycles. The first kappa shape index (κ1) is 17.4. The number of aliphatic hydroxyl groups excluding tert-OH is 1. The van der Waals surface area contributed by atoms with Crippen LogP contribution in [0.5, 0.6) is 5.75 Å². The van der Waals surface area contributed by atoms with Gasteiger partial charge in [-0.25, -0.2) is 4.79 Å². The maximum absolute atomic E-state index is 12.2. The molecule has 0 fully saturated rings. The summed E-state index contributed by atoms with van der Waals surface area (Å²) in [4.78, 5) is 16.2. The quantitative estimate of drug-likeness (QED) is 0.543. The second kappa shape index (κ2) is 8.13. The number of ether oxygens (including phenoxy) is 1. The van der Waals surface area contributed by atoms with Gasteiger partial charge in [0.2, 0.25) is 0 Å². The lowest BCUT2D eigenvalue weighted by molar-refractivity contribution is 0.225. The molecule has 0 aliphatic heterocycles.